The standard InChI is InChI=1S/C22H19N3O4/c1-13-20(23-14(2)29-13)15-7-9-16(10-8-15)24-19(26)11-12-25-21(27)17-5-3-4-6-18(17)22(25)28/h3-10H,11-12H2,1-2H3,(H,24,26). The third-order valence-corrected chi connectivity index (χ3v) is 4.79. The minimum atomic E-state index is -0.360. The first-order valence-corrected chi connectivity index (χ1v) is 9.23. The number of oxazole rings is 1. The van der Waals surface area contributed by atoms with Crippen LogP contribution in [0.3, 0.4) is 0 Å². The highest BCUT2D eigenvalue weighted by Crippen LogP contribution is 2.25. The van der Waals surface area contributed by atoms with Crippen molar-refractivity contribution in [3.8, 4) is 11.3 Å². The van der Waals surface area contributed by atoms with Gasteiger partial charge in [-0.25, -0.2) is 4.98 Å². The molecule has 0 spiro atoms. The van der Waals surface area contributed by atoms with Gasteiger partial charge in [-0.2, -0.15) is 0 Å². The van der Waals surface area contributed by atoms with E-state index in [1.807, 2.05) is 19.1 Å². The number of fused-ring (bicyclic) bond motifs is 1. The van der Waals surface area contributed by atoms with Gasteiger partial charge in [0.15, 0.2) is 5.89 Å². The van der Waals surface area contributed by atoms with Gasteiger partial charge in [0.2, 0.25) is 5.91 Å². The molecule has 0 saturated carbocycles. The summed E-state index contributed by atoms with van der Waals surface area (Å²) in [4.78, 5) is 42.4. The van der Waals surface area contributed by atoms with Crippen LogP contribution in [0.25, 0.3) is 11.3 Å². The first-order valence-electron chi connectivity index (χ1n) is 9.23. The smallest absolute Gasteiger partial charge is 0.261 e. The van der Waals surface area contributed by atoms with E-state index in [0.717, 1.165) is 21.9 Å². The minimum Gasteiger partial charge on any atom is -0.446 e. The molecule has 7 heteroatoms. The Labute approximate surface area is 167 Å². The molecule has 7 nitrogen and oxygen atoms in total. The van der Waals surface area contributed by atoms with E-state index in [9.17, 15) is 14.4 Å². The van der Waals surface area contributed by atoms with Crippen molar-refractivity contribution in [1.29, 1.82) is 0 Å². The third-order valence-electron chi connectivity index (χ3n) is 4.79. The average Bonchev–Trinajstić information content (AvgIpc) is 3.17. The van der Waals surface area contributed by atoms with Gasteiger partial charge in [0.25, 0.3) is 11.8 Å². The second-order valence-corrected chi connectivity index (χ2v) is 6.82. The molecule has 146 valence electrons. The lowest BCUT2D eigenvalue weighted by atomic mass is 10.1. The largest absolute Gasteiger partial charge is 0.446 e. The van der Waals surface area contributed by atoms with Crippen LogP contribution >= 0.6 is 0 Å². The monoisotopic (exact) mass is 389 g/mol. The molecule has 0 unspecified atom stereocenters. The zero-order valence-electron chi connectivity index (χ0n) is 16.1. The summed E-state index contributed by atoms with van der Waals surface area (Å²) in [5.41, 5.74) is 3.05. The van der Waals surface area contributed by atoms with Crippen LogP contribution in [0, 0.1) is 13.8 Å². The normalized spacial score (nSPS) is 13.0. The van der Waals surface area contributed by atoms with Crippen molar-refractivity contribution in [2.75, 3.05) is 11.9 Å². The van der Waals surface area contributed by atoms with Gasteiger partial charge >= 0.3 is 0 Å². The van der Waals surface area contributed by atoms with E-state index in [0.29, 0.717) is 22.7 Å². The van der Waals surface area contributed by atoms with Gasteiger partial charge in [-0.05, 0) is 31.2 Å². The number of aromatic nitrogens is 1. The maximum atomic E-state index is 12.3. The lowest BCUT2D eigenvalue weighted by Crippen LogP contribution is -2.32. The number of hydrogen-bond donors (Lipinski definition) is 1. The van der Waals surface area contributed by atoms with Crippen LogP contribution in [-0.2, 0) is 4.79 Å². The molecule has 2 heterocycles. The second-order valence-electron chi connectivity index (χ2n) is 6.82. The molecule has 0 atom stereocenters. The highest BCUT2D eigenvalue weighted by atomic mass is 16.4. The van der Waals surface area contributed by atoms with Crippen molar-refractivity contribution in [3.05, 3.63) is 71.3 Å². The number of hydrogen-bond acceptors (Lipinski definition) is 5. The second kappa shape index (κ2) is 7.35. The van der Waals surface area contributed by atoms with Crippen molar-refractivity contribution in [2.45, 2.75) is 20.3 Å². The van der Waals surface area contributed by atoms with Crippen LogP contribution < -0.4 is 5.32 Å². The van der Waals surface area contributed by atoms with Crippen molar-refractivity contribution >= 4 is 23.4 Å². The van der Waals surface area contributed by atoms with E-state index < -0.39 is 0 Å². The van der Waals surface area contributed by atoms with Crippen molar-refractivity contribution in [3.63, 3.8) is 0 Å². The predicted octanol–water partition coefficient (Wildman–Crippen LogP) is 3.58. The summed E-state index contributed by atoms with van der Waals surface area (Å²) in [7, 11) is 0. The van der Waals surface area contributed by atoms with Crippen LogP contribution in [0.5, 0.6) is 0 Å². The molecule has 3 amide bonds. The van der Waals surface area contributed by atoms with E-state index in [2.05, 4.69) is 10.3 Å². The van der Waals surface area contributed by atoms with Gasteiger partial charge in [-0.1, -0.05) is 24.3 Å². The number of imide groups is 1. The highest BCUT2D eigenvalue weighted by molar-refractivity contribution is 6.21. The molecule has 0 fully saturated rings. The third kappa shape index (κ3) is 3.54. The Bertz CT molecular complexity index is 1080. The van der Waals surface area contributed by atoms with E-state index in [-0.39, 0.29) is 30.7 Å². The van der Waals surface area contributed by atoms with E-state index >= 15 is 0 Å². The molecule has 0 saturated heterocycles. The van der Waals surface area contributed by atoms with Crippen LogP contribution in [-0.4, -0.2) is 34.2 Å². The van der Waals surface area contributed by atoms with Crippen molar-refractivity contribution in [1.82, 2.24) is 9.88 Å². The molecule has 1 aliphatic rings. The summed E-state index contributed by atoms with van der Waals surface area (Å²) in [6, 6.07) is 13.9. The maximum Gasteiger partial charge on any atom is 0.261 e. The lowest BCUT2D eigenvalue weighted by molar-refractivity contribution is -0.116. The van der Waals surface area contributed by atoms with Crippen LogP contribution in [0.2, 0.25) is 0 Å². The minimum absolute atomic E-state index is 0.0226. The predicted molar refractivity (Wildman–Crippen MR) is 106 cm³/mol. The molecular formula is C22H19N3O4. The molecule has 2 aromatic carbocycles. The molecular weight excluding hydrogens is 370 g/mol. The molecule has 29 heavy (non-hydrogen) atoms. The SMILES string of the molecule is Cc1nc(-c2ccc(NC(=O)CCN3C(=O)c4ccccc4C3=O)cc2)c(C)o1. The lowest BCUT2D eigenvalue weighted by Gasteiger charge is -2.13. The molecule has 1 aromatic heterocycles. The van der Waals surface area contributed by atoms with Gasteiger partial charge in [0.05, 0.1) is 11.1 Å². The van der Waals surface area contributed by atoms with Gasteiger partial charge in [-0.15, -0.1) is 0 Å². The Morgan fingerprint density at radius 1 is 1.00 bits per heavy atom. The van der Waals surface area contributed by atoms with Crippen LogP contribution in [0.15, 0.2) is 52.9 Å². The summed E-state index contributed by atoms with van der Waals surface area (Å²) >= 11 is 0. The number of amides is 3. The highest BCUT2D eigenvalue weighted by Gasteiger charge is 2.34. The Balaban J connectivity index is 1.36. The zero-order chi connectivity index (χ0) is 20.5. The zero-order valence-corrected chi connectivity index (χ0v) is 16.1. The molecule has 0 bridgehead atoms. The van der Waals surface area contributed by atoms with E-state index in [4.69, 9.17) is 4.42 Å². The molecule has 0 aliphatic carbocycles. The first-order chi connectivity index (χ1) is 13.9. The number of carbonyl (C=O) groups is 3. The van der Waals surface area contributed by atoms with E-state index in [1.165, 1.54) is 0 Å². The van der Waals surface area contributed by atoms with Crippen molar-refractivity contribution in [2.24, 2.45) is 0 Å². The fourth-order valence-electron chi connectivity index (χ4n) is 3.39. The fraction of sp³-hybridized carbons (Fsp3) is 0.182. The van der Waals surface area contributed by atoms with Crippen LogP contribution in [0.4, 0.5) is 5.69 Å². The molecule has 0 radical (unpaired) electrons. The van der Waals surface area contributed by atoms with Gasteiger partial charge in [0.1, 0.15) is 11.5 Å². The Morgan fingerprint density at radius 3 is 2.17 bits per heavy atom. The Morgan fingerprint density at radius 2 is 1.62 bits per heavy atom. The number of anilines is 1. The van der Waals surface area contributed by atoms with Crippen molar-refractivity contribution < 1.29 is 18.8 Å². The quantitative estimate of drug-likeness (QED) is 0.673. The summed E-state index contributed by atoms with van der Waals surface area (Å²) in [6.07, 6.45) is 0.0226. The summed E-state index contributed by atoms with van der Waals surface area (Å²) < 4.78 is 5.44. The summed E-state index contributed by atoms with van der Waals surface area (Å²) in [5, 5.41) is 2.78. The molecule has 1 N–H and O–H groups in total. The number of rotatable bonds is 5. The topological polar surface area (TPSA) is 92.5 Å². The Kier molecular flexibility index (Phi) is 4.72. The molecule has 4 rings (SSSR count). The number of benzene rings is 2. The first kappa shape index (κ1) is 18.6. The van der Waals surface area contributed by atoms with Gasteiger partial charge in [-0.3, -0.25) is 19.3 Å². The summed E-state index contributed by atoms with van der Waals surface area (Å²) in [5.74, 6) is 0.341. The molecule has 3 aromatic rings. The summed E-state index contributed by atoms with van der Waals surface area (Å²) in [6.45, 7) is 3.68. The van der Waals surface area contributed by atoms with Crippen LogP contribution in [0.1, 0.15) is 38.8 Å². The van der Waals surface area contributed by atoms with E-state index in [1.54, 1.807) is 43.3 Å². The van der Waals surface area contributed by atoms with Gasteiger partial charge in [0, 0.05) is 31.1 Å². The average molecular weight is 389 g/mol. The number of aryl methyl sites for hydroxylation is 2. The number of carbonyl (C=O) groups excluding carboxylic acids is 3. The fourth-order valence-corrected chi connectivity index (χ4v) is 3.39. The molecule has 1 aliphatic heterocycles. The number of nitrogens with zero attached hydrogens (tertiary/aromatic N) is 2. The maximum absolute atomic E-state index is 12.3. The Hall–Kier alpha value is -3.74. The van der Waals surface area contributed by atoms with Gasteiger partial charge < -0.3 is 9.73 Å². The number of nitrogens with one attached hydrogen (secondary N) is 1.